The van der Waals surface area contributed by atoms with Gasteiger partial charge in [-0.2, -0.15) is 0 Å². The van der Waals surface area contributed by atoms with Crippen LogP contribution in [0.15, 0.2) is 84.9 Å². The van der Waals surface area contributed by atoms with Crippen LogP contribution in [0, 0.1) is 11.8 Å². The molecule has 0 radical (unpaired) electrons. The van der Waals surface area contributed by atoms with Crippen molar-refractivity contribution in [3.63, 3.8) is 0 Å². The Morgan fingerprint density at radius 3 is 2.00 bits per heavy atom. The molecule has 0 saturated heterocycles. The molecule has 0 saturated carbocycles. The zero-order chi connectivity index (χ0) is 30.0. The molecule has 1 amide bonds. The van der Waals surface area contributed by atoms with Crippen LogP contribution in [-0.2, 0) is 31.7 Å². The first-order chi connectivity index (χ1) is 19.4. The van der Waals surface area contributed by atoms with Crippen LogP contribution in [0.1, 0.15) is 52.2 Å². The second-order valence-corrected chi connectivity index (χ2v) is 14.4. The Hall–Kier alpha value is -3.21. The first-order valence-electron chi connectivity index (χ1n) is 14.4. The number of benzene rings is 3. The first kappa shape index (κ1) is 32.3. The van der Waals surface area contributed by atoms with Gasteiger partial charge < -0.3 is 14.9 Å². The van der Waals surface area contributed by atoms with Crippen molar-refractivity contribution in [2.24, 2.45) is 11.8 Å². The first-order valence-corrected chi connectivity index (χ1v) is 16.4. The lowest BCUT2D eigenvalue weighted by molar-refractivity contribution is -0.160. The number of aryl methyl sites for hydroxylation is 1. The lowest BCUT2D eigenvalue weighted by atomic mass is 9.95. The minimum atomic E-state index is -3.67. The van der Waals surface area contributed by atoms with Gasteiger partial charge in [-0.3, -0.25) is 9.36 Å². The highest BCUT2D eigenvalue weighted by Crippen LogP contribution is 2.44. The maximum Gasteiger partial charge on any atom is 0.329 e. The number of nitrogens with one attached hydrogen (secondary N) is 1. The molecule has 4 unspecified atom stereocenters. The van der Waals surface area contributed by atoms with E-state index in [9.17, 15) is 19.0 Å². The van der Waals surface area contributed by atoms with Crippen molar-refractivity contribution in [2.75, 3.05) is 12.3 Å². The highest BCUT2D eigenvalue weighted by molar-refractivity contribution is 7.58. The van der Waals surface area contributed by atoms with Gasteiger partial charge in [0.1, 0.15) is 11.6 Å². The van der Waals surface area contributed by atoms with E-state index in [4.69, 9.17) is 4.74 Å². The monoisotopic (exact) mass is 577 g/mol. The van der Waals surface area contributed by atoms with Crippen LogP contribution in [-0.4, -0.2) is 40.7 Å². The lowest BCUT2D eigenvalue weighted by Crippen LogP contribution is -2.50. The van der Waals surface area contributed by atoms with E-state index < -0.39 is 36.8 Å². The van der Waals surface area contributed by atoms with E-state index in [-0.39, 0.29) is 24.7 Å². The van der Waals surface area contributed by atoms with Crippen LogP contribution in [0.25, 0.3) is 11.1 Å². The Bertz CT molecular complexity index is 1300. The normalized spacial score (nSPS) is 15.3. The van der Waals surface area contributed by atoms with Crippen LogP contribution >= 0.6 is 7.37 Å². The topological polar surface area (TPSA) is 92.7 Å². The molecule has 0 aliphatic carbocycles. The SMILES string of the molecule is CCC(C)C(NC(=O)C(Cc1ccc(-c2ccccc2)cc1)CP(=O)(O)CCc1ccccc1)C(=O)OC(C)(C)C. The van der Waals surface area contributed by atoms with Crippen molar-refractivity contribution in [3.8, 4) is 11.1 Å². The molecular weight excluding hydrogens is 533 g/mol. The molecule has 41 heavy (non-hydrogen) atoms. The van der Waals surface area contributed by atoms with Crippen molar-refractivity contribution >= 4 is 19.2 Å². The highest BCUT2D eigenvalue weighted by atomic mass is 31.2. The van der Waals surface area contributed by atoms with E-state index in [1.165, 1.54) is 0 Å². The maximum atomic E-state index is 13.7. The summed E-state index contributed by atoms with van der Waals surface area (Å²) >= 11 is 0. The minimum Gasteiger partial charge on any atom is -0.458 e. The van der Waals surface area contributed by atoms with Crippen LogP contribution in [0.4, 0.5) is 0 Å². The Morgan fingerprint density at radius 1 is 0.878 bits per heavy atom. The summed E-state index contributed by atoms with van der Waals surface area (Å²) in [7, 11) is -3.67. The van der Waals surface area contributed by atoms with Crippen molar-refractivity contribution in [2.45, 2.75) is 65.5 Å². The van der Waals surface area contributed by atoms with Crippen molar-refractivity contribution < 1.29 is 23.8 Å². The van der Waals surface area contributed by atoms with Gasteiger partial charge in [0.15, 0.2) is 0 Å². The summed E-state index contributed by atoms with van der Waals surface area (Å²) in [5, 5.41) is 2.90. The second kappa shape index (κ2) is 14.6. The van der Waals surface area contributed by atoms with Gasteiger partial charge in [0, 0.05) is 12.3 Å². The molecule has 3 aromatic carbocycles. The number of amides is 1. The molecule has 0 fully saturated rings. The summed E-state index contributed by atoms with van der Waals surface area (Å²) in [5.41, 5.74) is 3.29. The van der Waals surface area contributed by atoms with Crippen molar-refractivity contribution in [3.05, 3.63) is 96.1 Å². The zero-order valence-electron chi connectivity index (χ0n) is 24.9. The molecule has 4 atom stereocenters. The number of hydrogen-bond donors (Lipinski definition) is 2. The largest absolute Gasteiger partial charge is 0.458 e. The summed E-state index contributed by atoms with van der Waals surface area (Å²) in [6.07, 6.45) is 1.29. The van der Waals surface area contributed by atoms with Gasteiger partial charge in [-0.25, -0.2) is 4.79 Å². The van der Waals surface area contributed by atoms with Crippen LogP contribution in [0.3, 0.4) is 0 Å². The Balaban J connectivity index is 1.83. The third-order valence-corrected chi connectivity index (χ3v) is 9.12. The summed E-state index contributed by atoms with van der Waals surface area (Å²) < 4.78 is 19.0. The number of ether oxygens (including phenoxy) is 1. The molecule has 3 rings (SSSR count). The smallest absolute Gasteiger partial charge is 0.329 e. The summed E-state index contributed by atoms with van der Waals surface area (Å²) in [6, 6.07) is 26.6. The van der Waals surface area contributed by atoms with Gasteiger partial charge >= 0.3 is 5.97 Å². The highest BCUT2D eigenvalue weighted by Gasteiger charge is 2.35. The van der Waals surface area contributed by atoms with E-state index >= 15 is 0 Å². The standard InChI is InChI=1S/C34H44NO5P/c1-6-25(2)31(33(37)40-34(3,4)5)35-32(36)30(24-41(38,39)22-21-26-13-9-7-10-14-26)23-27-17-19-29(20-18-27)28-15-11-8-12-16-28/h7-20,25,30-31H,6,21-24H2,1-5H3,(H,35,36)(H,38,39). The molecule has 0 aromatic heterocycles. The van der Waals surface area contributed by atoms with E-state index in [1.807, 2.05) is 98.8 Å². The van der Waals surface area contributed by atoms with Gasteiger partial charge in [-0.05, 0) is 61.8 Å². The fourth-order valence-electron chi connectivity index (χ4n) is 4.68. The minimum absolute atomic E-state index is 0.0780. The molecule has 220 valence electrons. The molecule has 0 aliphatic rings. The summed E-state index contributed by atoms with van der Waals surface area (Å²) in [4.78, 5) is 37.8. The number of hydrogen-bond acceptors (Lipinski definition) is 4. The number of carbonyl (C=O) groups excluding carboxylic acids is 2. The van der Waals surface area contributed by atoms with Crippen LogP contribution in [0.2, 0.25) is 0 Å². The van der Waals surface area contributed by atoms with Gasteiger partial charge in [-0.15, -0.1) is 0 Å². The molecule has 0 spiro atoms. The van der Waals surface area contributed by atoms with Crippen molar-refractivity contribution in [1.82, 2.24) is 5.32 Å². The molecule has 0 aliphatic heterocycles. The van der Waals surface area contributed by atoms with Gasteiger partial charge in [0.2, 0.25) is 13.3 Å². The molecule has 0 heterocycles. The number of carbonyl (C=O) groups is 2. The van der Waals surface area contributed by atoms with Gasteiger partial charge in [0.05, 0.1) is 5.92 Å². The molecular formula is C34H44NO5P. The van der Waals surface area contributed by atoms with E-state index in [1.54, 1.807) is 20.8 Å². The second-order valence-electron chi connectivity index (χ2n) is 11.9. The fourth-order valence-corrected chi connectivity index (χ4v) is 6.45. The van der Waals surface area contributed by atoms with Gasteiger partial charge in [0.25, 0.3) is 0 Å². The molecule has 6 nitrogen and oxygen atoms in total. The van der Waals surface area contributed by atoms with Crippen LogP contribution < -0.4 is 5.32 Å². The Morgan fingerprint density at radius 2 is 1.44 bits per heavy atom. The zero-order valence-corrected chi connectivity index (χ0v) is 25.8. The molecule has 2 N–H and O–H groups in total. The van der Waals surface area contributed by atoms with Crippen molar-refractivity contribution in [1.29, 1.82) is 0 Å². The van der Waals surface area contributed by atoms with E-state index in [0.29, 0.717) is 12.8 Å². The third kappa shape index (κ3) is 10.6. The molecule has 0 bridgehead atoms. The average molecular weight is 578 g/mol. The fraction of sp³-hybridized carbons (Fsp3) is 0.412. The lowest BCUT2D eigenvalue weighted by Gasteiger charge is -2.29. The van der Waals surface area contributed by atoms with Crippen LogP contribution in [0.5, 0.6) is 0 Å². The Kier molecular flexibility index (Phi) is 11.5. The predicted octanol–water partition coefficient (Wildman–Crippen LogP) is 6.90. The Labute approximate surface area is 245 Å². The summed E-state index contributed by atoms with van der Waals surface area (Å²) in [5.74, 6) is -1.87. The maximum absolute atomic E-state index is 13.7. The molecule has 7 heteroatoms. The number of esters is 1. The van der Waals surface area contributed by atoms with Gasteiger partial charge in [-0.1, -0.05) is 105 Å². The molecule has 3 aromatic rings. The number of rotatable bonds is 13. The van der Waals surface area contributed by atoms with E-state index in [0.717, 1.165) is 22.3 Å². The average Bonchev–Trinajstić information content (AvgIpc) is 2.94. The quantitative estimate of drug-likeness (QED) is 0.170. The van der Waals surface area contributed by atoms with E-state index in [2.05, 4.69) is 5.32 Å². The summed E-state index contributed by atoms with van der Waals surface area (Å²) in [6.45, 7) is 9.21. The third-order valence-electron chi connectivity index (χ3n) is 7.18. The predicted molar refractivity (Wildman–Crippen MR) is 166 cm³/mol.